The summed E-state index contributed by atoms with van der Waals surface area (Å²) in [5, 5.41) is 0.152. The molecule has 0 bridgehead atoms. The number of hydrogen-bond acceptors (Lipinski definition) is 5. The lowest BCUT2D eigenvalue weighted by Gasteiger charge is -2.09. The zero-order valence-corrected chi connectivity index (χ0v) is 14.3. The summed E-state index contributed by atoms with van der Waals surface area (Å²) in [6, 6.07) is 11.8. The maximum Gasteiger partial charge on any atom is 0.261 e. The van der Waals surface area contributed by atoms with Crippen molar-refractivity contribution in [1.82, 2.24) is 4.98 Å². The molecule has 0 saturated carbocycles. The second-order valence-corrected chi connectivity index (χ2v) is 6.83. The van der Waals surface area contributed by atoms with Crippen molar-refractivity contribution in [1.29, 1.82) is 0 Å². The quantitative estimate of drug-likeness (QED) is 0.873. The van der Waals surface area contributed by atoms with Gasteiger partial charge in [0.1, 0.15) is 5.75 Å². The van der Waals surface area contributed by atoms with Crippen molar-refractivity contribution in [3.63, 3.8) is 0 Å². The van der Waals surface area contributed by atoms with E-state index >= 15 is 0 Å². The molecule has 2 N–H and O–H groups in total. The van der Waals surface area contributed by atoms with Gasteiger partial charge in [-0.2, -0.15) is 4.99 Å². The van der Waals surface area contributed by atoms with Gasteiger partial charge in [-0.25, -0.2) is 0 Å². The lowest BCUT2D eigenvalue weighted by atomic mass is 10.1. The number of nitrogens with zero attached hydrogens (tertiary/aromatic N) is 2. The molecular weight excluding hydrogens is 322 g/mol. The number of ether oxygens (including phenoxy) is 1. The molecule has 2 heterocycles. The Labute approximate surface area is 145 Å². The fraction of sp³-hybridized carbons (Fsp3) is 0.278. The predicted molar refractivity (Wildman–Crippen MR) is 96.3 cm³/mol. The fourth-order valence-corrected chi connectivity index (χ4v) is 3.38. The molecule has 24 heavy (non-hydrogen) atoms. The number of nitrogens with two attached hydrogens (primary N) is 1. The zero-order chi connectivity index (χ0) is 16.9. The predicted octanol–water partition coefficient (Wildman–Crippen LogP) is 2.51. The first-order valence-electron chi connectivity index (χ1n) is 7.79. The van der Waals surface area contributed by atoms with Crippen molar-refractivity contribution >= 4 is 22.8 Å². The van der Waals surface area contributed by atoms with E-state index < -0.39 is 0 Å². The molecule has 1 aliphatic rings. The zero-order valence-electron chi connectivity index (χ0n) is 13.4. The second kappa shape index (κ2) is 7.49. The number of carbonyl (C=O) groups is 1. The molecule has 124 valence electrons. The van der Waals surface area contributed by atoms with Gasteiger partial charge in [0.25, 0.3) is 5.91 Å². The Bertz CT molecular complexity index is 759. The van der Waals surface area contributed by atoms with Crippen LogP contribution in [0.2, 0.25) is 0 Å². The van der Waals surface area contributed by atoms with Crippen LogP contribution in [0.4, 0.5) is 0 Å². The summed E-state index contributed by atoms with van der Waals surface area (Å²) >= 11 is 1.33. The van der Waals surface area contributed by atoms with E-state index in [9.17, 15) is 4.79 Å². The molecule has 1 atom stereocenters. The Balaban J connectivity index is 1.50. The van der Waals surface area contributed by atoms with Gasteiger partial charge in [-0.15, -0.1) is 0 Å². The van der Waals surface area contributed by atoms with Crippen molar-refractivity contribution in [2.24, 2.45) is 10.7 Å². The lowest BCUT2D eigenvalue weighted by molar-refractivity contribution is -0.117. The molecule has 1 aromatic carbocycles. The largest absolute Gasteiger partial charge is 0.493 e. The average molecular weight is 341 g/mol. The standard InChI is InChI=1S/C18H19N3O2S/c1-12-3-2-9-20-15(12)8-10-23-14-6-4-13(5-7-14)11-16-17(22)21-18(19)24-16/h2-7,9,16H,8,10-11H2,1H3,(H2,19,21,22). The number of aliphatic imine (C=N–C) groups is 1. The molecule has 6 heteroatoms. The van der Waals surface area contributed by atoms with Crippen LogP contribution in [0.3, 0.4) is 0 Å². The first kappa shape index (κ1) is 16.5. The van der Waals surface area contributed by atoms with Crippen LogP contribution in [-0.2, 0) is 17.6 Å². The average Bonchev–Trinajstić information content (AvgIpc) is 2.88. The minimum atomic E-state index is -0.205. The van der Waals surface area contributed by atoms with Crippen molar-refractivity contribution in [2.45, 2.75) is 25.0 Å². The van der Waals surface area contributed by atoms with E-state index in [1.807, 2.05) is 30.3 Å². The van der Waals surface area contributed by atoms with Gasteiger partial charge >= 0.3 is 0 Å². The maximum absolute atomic E-state index is 11.6. The van der Waals surface area contributed by atoms with Crippen LogP contribution in [0, 0.1) is 6.92 Å². The Morgan fingerprint density at radius 3 is 2.71 bits per heavy atom. The van der Waals surface area contributed by atoms with Crippen molar-refractivity contribution in [2.75, 3.05) is 6.61 Å². The highest BCUT2D eigenvalue weighted by Crippen LogP contribution is 2.24. The third kappa shape index (κ3) is 4.14. The number of amidine groups is 1. The molecular formula is C18H19N3O2S. The van der Waals surface area contributed by atoms with Crippen LogP contribution in [0.15, 0.2) is 47.6 Å². The minimum absolute atomic E-state index is 0.149. The van der Waals surface area contributed by atoms with Crippen molar-refractivity contribution < 1.29 is 9.53 Å². The van der Waals surface area contributed by atoms with Gasteiger partial charge in [-0.3, -0.25) is 9.78 Å². The molecule has 0 fully saturated rings. The first-order valence-corrected chi connectivity index (χ1v) is 8.66. The number of aromatic nitrogens is 1. The Morgan fingerprint density at radius 1 is 1.25 bits per heavy atom. The number of hydrogen-bond donors (Lipinski definition) is 1. The van der Waals surface area contributed by atoms with Crippen LogP contribution < -0.4 is 10.5 Å². The number of aryl methyl sites for hydroxylation is 1. The molecule has 0 aliphatic carbocycles. The molecule has 1 unspecified atom stereocenters. The summed E-state index contributed by atoms with van der Waals surface area (Å²) in [6.45, 7) is 2.63. The highest BCUT2D eigenvalue weighted by Gasteiger charge is 2.26. The van der Waals surface area contributed by atoms with Gasteiger partial charge in [0.2, 0.25) is 0 Å². The van der Waals surface area contributed by atoms with Crippen LogP contribution >= 0.6 is 11.8 Å². The third-order valence-corrected chi connectivity index (χ3v) is 4.81. The molecule has 0 spiro atoms. The molecule has 1 aromatic heterocycles. The number of thioether (sulfide) groups is 1. The lowest BCUT2D eigenvalue weighted by Crippen LogP contribution is -2.14. The van der Waals surface area contributed by atoms with Gasteiger partial charge in [0, 0.05) is 18.3 Å². The van der Waals surface area contributed by atoms with E-state index in [4.69, 9.17) is 10.5 Å². The van der Waals surface area contributed by atoms with Gasteiger partial charge in [-0.1, -0.05) is 30.0 Å². The monoisotopic (exact) mass is 341 g/mol. The van der Waals surface area contributed by atoms with Crippen molar-refractivity contribution in [3.8, 4) is 5.75 Å². The third-order valence-electron chi connectivity index (χ3n) is 3.83. The summed E-state index contributed by atoms with van der Waals surface area (Å²) in [5.41, 5.74) is 8.88. The van der Waals surface area contributed by atoms with E-state index in [-0.39, 0.29) is 11.2 Å². The van der Waals surface area contributed by atoms with Crippen LogP contribution in [-0.4, -0.2) is 27.9 Å². The molecule has 1 aliphatic heterocycles. The number of pyridine rings is 1. The van der Waals surface area contributed by atoms with Crippen LogP contribution in [0.25, 0.3) is 0 Å². The summed E-state index contributed by atoms with van der Waals surface area (Å²) in [6.07, 6.45) is 3.20. The minimum Gasteiger partial charge on any atom is -0.493 e. The maximum atomic E-state index is 11.6. The fourth-order valence-electron chi connectivity index (χ4n) is 2.51. The van der Waals surface area contributed by atoms with Crippen LogP contribution in [0.1, 0.15) is 16.8 Å². The van der Waals surface area contributed by atoms with E-state index in [1.54, 1.807) is 6.20 Å². The Morgan fingerprint density at radius 2 is 2.04 bits per heavy atom. The molecule has 2 aromatic rings. The number of benzene rings is 1. The Hall–Kier alpha value is -2.34. The number of rotatable bonds is 6. The topological polar surface area (TPSA) is 77.6 Å². The van der Waals surface area contributed by atoms with E-state index in [2.05, 4.69) is 23.0 Å². The van der Waals surface area contributed by atoms with Gasteiger partial charge in [0.05, 0.1) is 11.9 Å². The van der Waals surface area contributed by atoms with Gasteiger partial charge < -0.3 is 10.5 Å². The molecule has 0 saturated heterocycles. The van der Waals surface area contributed by atoms with Crippen molar-refractivity contribution in [3.05, 3.63) is 59.4 Å². The van der Waals surface area contributed by atoms with E-state index in [0.29, 0.717) is 18.2 Å². The summed E-state index contributed by atoms with van der Waals surface area (Å²) in [5.74, 6) is 0.664. The molecule has 0 radical (unpaired) electrons. The highest BCUT2D eigenvalue weighted by molar-refractivity contribution is 8.15. The highest BCUT2D eigenvalue weighted by atomic mass is 32.2. The van der Waals surface area contributed by atoms with E-state index in [0.717, 1.165) is 23.4 Å². The van der Waals surface area contributed by atoms with Gasteiger partial charge in [-0.05, 0) is 42.7 Å². The SMILES string of the molecule is Cc1cccnc1CCOc1ccc(CC2SC(N)=NC2=O)cc1. The summed E-state index contributed by atoms with van der Waals surface area (Å²) in [4.78, 5) is 19.7. The smallest absolute Gasteiger partial charge is 0.261 e. The number of carbonyl (C=O) groups excluding carboxylic acids is 1. The summed E-state index contributed by atoms with van der Waals surface area (Å²) in [7, 11) is 0. The second-order valence-electron chi connectivity index (χ2n) is 5.61. The van der Waals surface area contributed by atoms with Crippen LogP contribution in [0.5, 0.6) is 5.75 Å². The molecule has 3 rings (SSSR count). The van der Waals surface area contributed by atoms with E-state index in [1.165, 1.54) is 17.3 Å². The normalized spacial score (nSPS) is 17.0. The summed E-state index contributed by atoms with van der Waals surface area (Å²) < 4.78 is 5.77. The van der Waals surface area contributed by atoms with Gasteiger partial charge in [0.15, 0.2) is 5.17 Å². The number of amides is 1. The molecule has 5 nitrogen and oxygen atoms in total. The molecule has 1 amide bonds. The Kier molecular flexibility index (Phi) is 5.15. The first-order chi connectivity index (χ1) is 11.6.